The van der Waals surface area contributed by atoms with E-state index in [9.17, 15) is 4.79 Å². The molecule has 5 nitrogen and oxygen atoms in total. The van der Waals surface area contributed by atoms with Gasteiger partial charge in [-0.25, -0.2) is 4.98 Å². The van der Waals surface area contributed by atoms with Crippen LogP contribution < -0.4 is 5.32 Å². The second-order valence-corrected chi connectivity index (χ2v) is 4.09. The Balaban J connectivity index is 1.71. The lowest BCUT2D eigenvalue weighted by molar-refractivity contribution is 0.0943. The lowest BCUT2D eigenvalue weighted by Crippen LogP contribution is -2.25. The van der Waals surface area contributed by atoms with Crippen molar-refractivity contribution in [1.82, 2.24) is 20.5 Å². The van der Waals surface area contributed by atoms with Crippen LogP contribution >= 0.6 is 0 Å². The number of hydrogen-bond acceptors (Lipinski definition) is 3. The molecule has 18 heavy (non-hydrogen) atoms. The highest BCUT2D eigenvalue weighted by molar-refractivity contribution is 5.90. The van der Waals surface area contributed by atoms with Crippen LogP contribution in [0.3, 0.4) is 0 Å². The van der Waals surface area contributed by atoms with Crippen LogP contribution in [-0.2, 0) is 6.42 Å². The summed E-state index contributed by atoms with van der Waals surface area (Å²) in [6, 6.07) is 10.2. The number of benzene rings is 1. The molecule has 1 aromatic carbocycles. The summed E-state index contributed by atoms with van der Waals surface area (Å²) >= 11 is 0. The highest BCUT2D eigenvalue weighted by Gasteiger charge is 2.09. The number of rotatable bonds is 5. The second kappa shape index (κ2) is 5.95. The number of aryl methyl sites for hydroxylation is 2. The van der Waals surface area contributed by atoms with Gasteiger partial charge in [-0.1, -0.05) is 30.3 Å². The van der Waals surface area contributed by atoms with Crippen molar-refractivity contribution < 1.29 is 4.79 Å². The molecule has 0 aliphatic rings. The van der Waals surface area contributed by atoms with Gasteiger partial charge in [0.1, 0.15) is 5.82 Å². The Morgan fingerprint density at radius 1 is 1.33 bits per heavy atom. The van der Waals surface area contributed by atoms with Crippen molar-refractivity contribution in [2.24, 2.45) is 0 Å². The van der Waals surface area contributed by atoms with Crippen molar-refractivity contribution in [3.05, 3.63) is 47.5 Å². The van der Waals surface area contributed by atoms with Crippen LogP contribution in [-0.4, -0.2) is 27.6 Å². The van der Waals surface area contributed by atoms with E-state index in [4.69, 9.17) is 0 Å². The highest BCUT2D eigenvalue weighted by atomic mass is 16.2. The van der Waals surface area contributed by atoms with E-state index in [1.54, 1.807) is 6.92 Å². The first kappa shape index (κ1) is 12.3. The Morgan fingerprint density at radius 3 is 2.78 bits per heavy atom. The fraction of sp³-hybridized carbons (Fsp3) is 0.308. The molecule has 0 saturated carbocycles. The molecule has 94 valence electrons. The summed E-state index contributed by atoms with van der Waals surface area (Å²) in [5, 5.41) is 9.25. The third kappa shape index (κ3) is 3.41. The van der Waals surface area contributed by atoms with E-state index in [-0.39, 0.29) is 11.7 Å². The van der Waals surface area contributed by atoms with Crippen LogP contribution in [0.4, 0.5) is 0 Å². The highest BCUT2D eigenvalue weighted by Crippen LogP contribution is 2.01. The molecular weight excluding hydrogens is 228 g/mol. The summed E-state index contributed by atoms with van der Waals surface area (Å²) < 4.78 is 0. The van der Waals surface area contributed by atoms with Crippen LogP contribution in [0.15, 0.2) is 30.3 Å². The molecule has 0 unspecified atom stereocenters. The minimum Gasteiger partial charge on any atom is -0.349 e. The van der Waals surface area contributed by atoms with Gasteiger partial charge in [0.05, 0.1) is 0 Å². The summed E-state index contributed by atoms with van der Waals surface area (Å²) in [4.78, 5) is 15.6. The van der Waals surface area contributed by atoms with Gasteiger partial charge < -0.3 is 5.32 Å². The molecule has 1 aromatic heterocycles. The zero-order valence-corrected chi connectivity index (χ0v) is 10.3. The molecule has 5 heteroatoms. The van der Waals surface area contributed by atoms with Crippen molar-refractivity contribution in [3.8, 4) is 0 Å². The van der Waals surface area contributed by atoms with E-state index in [0.717, 1.165) is 12.8 Å². The van der Waals surface area contributed by atoms with Gasteiger partial charge in [0.2, 0.25) is 5.82 Å². The predicted octanol–water partition coefficient (Wildman–Crippen LogP) is 1.48. The fourth-order valence-corrected chi connectivity index (χ4v) is 1.66. The van der Waals surface area contributed by atoms with Crippen molar-refractivity contribution in [2.75, 3.05) is 6.54 Å². The fourth-order valence-electron chi connectivity index (χ4n) is 1.66. The Hall–Kier alpha value is -2.17. The van der Waals surface area contributed by atoms with Gasteiger partial charge in [-0.3, -0.25) is 9.89 Å². The first-order valence-electron chi connectivity index (χ1n) is 5.97. The smallest absolute Gasteiger partial charge is 0.290 e. The third-order valence-electron chi connectivity index (χ3n) is 2.57. The largest absolute Gasteiger partial charge is 0.349 e. The zero-order chi connectivity index (χ0) is 12.8. The molecule has 0 aliphatic heterocycles. The Morgan fingerprint density at radius 2 is 2.11 bits per heavy atom. The van der Waals surface area contributed by atoms with E-state index in [2.05, 4.69) is 32.6 Å². The van der Waals surface area contributed by atoms with E-state index < -0.39 is 0 Å². The van der Waals surface area contributed by atoms with Crippen LogP contribution in [0.2, 0.25) is 0 Å². The first-order chi connectivity index (χ1) is 8.75. The normalized spacial score (nSPS) is 10.3. The zero-order valence-electron chi connectivity index (χ0n) is 10.3. The molecule has 2 N–H and O–H groups in total. The molecule has 0 radical (unpaired) electrons. The average Bonchev–Trinajstić information content (AvgIpc) is 2.82. The lowest BCUT2D eigenvalue weighted by atomic mass is 10.1. The van der Waals surface area contributed by atoms with E-state index in [1.807, 2.05) is 18.2 Å². The molecule has 1 heterocycles. The van der Waals surface area contributed by atoms with Gasteiger partial charge >= 0.3 is 0 Å². The van der Waals surface area contributed by atoms with Gasteiger partial charge in [-0.2, -0.15) is 0 Å². The lowest BCUT2D eigenvalue weighted by Gasteiger charge is -2.02. The van der Waals surface area contributed by atoms with Crippen molar-refractivity contribution >= 4 is 5.91 Å². The molecule has 2 aromatic rings. The molecule has 0 bridgehead atoms. The van der Waals surface area contributed by atoms with Gasteiger partial charge in [0.25, 0.3) is 5.91 Å². The molecule has 0 saturated heterocycles. The quantitative estimate of drug-likeness (QED) is 0.782. The van der Waals surface area contributed by atoms with E-state index in [1.165, 1.54) is 5.56 Å². The van der Waals surface area contributed by atoms with E-state index in [0.29, 0.717) is 12.4 Å². The SMILES string of the molecule is Cc1nc(C(=O)NCCCc2ccccc2)n[nH]1. The number of carbonyl (C=O) groups is 1. The average molecular weight is 244 g/mol. The Kier molecular flexibility index (Phi) is 4.06. The number of hydrogen-bond donors (Lipinski definition) is 2. The number of nitrogens with zero attached hydrogens (tertiary/aromatic N) is 2. The number of amides is 1. The number of carbonyl (C=O) groups excluding carboxylic acids is 1. The van der Waals surface area contributed by atoms with Gasteiger partial charge in [0.15, 0.2) is 0 Å². The first-order valence-corrected chi connectivity index (χ1v) is 5.97. The number of aromatic nitrogens is 3. The molecule has 1 amide bonds. The summed E-state index contributed by atoms with van der Waals surface area (Å²) in [7, 11) is 0. The Labute approximate surface area is 106 Å². The van der Waals surface area contributed by atoms with Crippen LogP contribution in [0.25, 0.3) is 0 Å². The number of nitrogens with one attached hydrogen (secondary N) is 2. The topological polar surface area (TPSA) is 70.7 Å². The standard InChI is InChI=1S/C13H16N4O/c1-10-15-12(17-16-10)13(18)14-9-5-8-11-6-3-2-4-7-11/h2-4,6-7H,5,8-9H2,1H3,(H,14,18)(H,15,16,17). The second-order valence-electron chi connectivity index (χ2n) is 4.09. The van der Waals surface area contributed by atoms with Gasteiger partial charge in [-0.15, -0.1) is 5.10 Å². The van der Waals surface area contributed by atoms with Gasteiger partial charge in [0, 0.05) is 6.54 Å². The molecule has 0 spiro atoms. The predicted molar refractivity (Wildman–Crippen MR) is 68.2 cm³/mol. The third-order valence-corrected chi connectivity index (χ3v) is 2.57. The van der Waals surface area contributed by atoms with Crippen LogP contribution in [0.5, 0.6) is 0 Å². The maximum atomic E-state index is 11.6. The van der Waals surface area contributed by atoms with Crippen molar-refractivity contribution in [1.29, 1.82) is 0 Å². The van der Waals surface area contributed by atoms with E-state index >= 15 is 0 Å². The maximum Gasteiger partial charge on any atom is 0.290 e. The molecular formula is C13H16N4O. The minimum absolute atomic E-state index is 0.201. The summed E-state index contributed by atoms with van der Waals surface area (Å²) in [5.74, 6) is 0.615. The van der Waals surface area contributed by atoms with Crippen LogP contribution in [0.1, 0.15) is 28.4 Å². The summed E-state index contributed by atoms with van der Waals surface area (Å²) in [6.07, 6.45) is 1.85. The molecule has 2 rings (SSSR count). The summed E-state index contributed by atoms with van der Waals surface area (Å²) in [5.41, 5.74) is 1.28. The maximum absolute atomic E-state index is 11.6. The summed E-state index contributed by atoms with van der Waals surface area (Å²) in [6.45, 7) is 2.39. The molecule has 0 aliphatic carbocycles. The van der Waals surface area contributed by atoms with Crippen LogP contribution in [0, 0.1) is 6.92 Å². The Bertz CT molecular complexity index is 507. The van der Waals surface area contributed by atoms with Crippen molar-refractivity contribution in [3.63, 3.8) is 0 Å². The minimum atomic E-state index is -0.229. The van der Waals surface area contributed by atoms with Gasteiger partial charge in [-0.05, 0) is 25.3 Å². The van der Waals surface area contributed by atoms with Crippen molar-refractivity contribution in [2.45, 2.75) is 19.8 Å². The number of H-pyrrole nitrogens is 1. The molecule has 0 fully saturated rings. The molecule has 0 atom stereocenters. The monoisotopic (exact) mass is 244 g/mol. The number of aromatic amines is 1.